The van der Waals surface area contributed by atoms with E-state index in [1.807, 2.05) is 0 Å². The fourth-order valence-electron chi connectivity index (χ4n) is 1.67. The van der Waals surface area contributed by atoms with Crippen molar-refractivity contribution in [1.82, 2.24) is 10.3 Å². The van der Waals surface area contributed by atoms with Gasteiger partial charge in [-0.2, -0.15) is 0 Å². The van der Waals surface area contributed by atoms with Gasteiger partial charge in [-0.25, -0.2) is 4.39 Å². The Bertz CT molecular complexity index is 622. The highest BCUT2D eigenvalue weighted by Gasteiger charge is 2.06. The van der Waals surface area contributed by atoms with Crippen molar-refractivity contribution in [2.75, 3.05) is 6.54 Å². The van der Waals surface area contributed by atoms with Crippen LogP contribution in [0.2, 0.25) is 0 Å². The van der Waals surface area contributed by atoms with E-state index in [2.05, 4.69) is 10.3 Å². The van der Waals surface area contributed by atoms with E-state index < -0.39 is 0 Å². The zero-order valence-corrected chi connectivity index (χ0v) is 11.0. The summed E-state index contributed by atoms with van der Waals surface area (Å²) >= 11 is 5.03. The van der Waals surface area contributed by atoms with Crippen LogP contribution in [-0.4, -0.2) is 17.4 Å². The van der Waals surface area contributed by atoms with Crippen LogP contribution in [0.15, 0.2) is 42.6 Å². The minimum Gasteiger partial charge on any atom is -0.352 e. The summed E-state index contributed by atoms with van der Waals surface area (Å²) in [4.78, 5) is 14.7. The summed E-state index contributed by atoms with van der Waals surface area (Å²) in [7, 11) is 0. The molecular formula is C14H13FN2OS. The maximum Gasteiger partial charge on any atom is 0.254 e. The third-order valence-electron chi connectivity index (χ3n) is 2.68. The SMILES string of the molecule is O=C(NCCc1ccc(F)cc1)c1ccc[nH]c1=S. The molecule has 0 atom stereocenters. The lowest BCUT2D eigenvalue weighted by Crippen LogP contribution is -2.26. The predicted octanol–water partition coefficient (Wildman–Crippen LogP) is 2.86. The third-order valence-corrected chi connectivity index (χ3v) is 3.01. The van der Waals surface area contributed by atoms with Gasteiger partial charge in [0.05, 0.1) is 5.56 Å². The minimum absolute atomic E-state index is 0.205. The highest BCUT2D eigenvalue weighted by atomic mass is 32.1. The van der Waals surface area contributed by atoms with Crippen LogP contribution in [0.5, 0.6) is 0 Å². The number of halogens is 1. The van der Waals surface area contributed by atoms with Crippen LogP contribution in [0.3, 0.4) is 0 Å². The van der Waals surface area contributed by atoms with Gasteiger partial charge in [-0.05, 0) is 36.2 Å². The van der Waals surface area contributed by atoms with Crippen LogP contribution in [0.25, 0.3) is 0 Å². The van der Waals surface area contributed by atoms with Crippen molar-refractivity contribution >= 4 is 18.1 Å². The van der Waals surface area contributed by atoms with Crippen LogP contribution in [0.4, 0.5) is 4.39 Å². The molecule has 1 aromatic heterocycles. The first-order valence-electron chi connectivity index (χ1n) is 5.87. The number of pyridine rings is 1. The molecule has 19 heavy (non-hydrogen) atoms. The Kier molecular flexibility index (Phi) is 4.41. The molecule has 1 aromatic carbocycles. The highest BCUT2D eigenvalue weighted by molar-refractivity contribution is 7.71. The van der Waals surface area contributed by atoms with Gasteiger partial charge in [-0.1, -0.05) is 24.4 Å². The molecule has 0 spiro atoms. The van der Waals surface area contributed by atoms with Crippen molar-refractivity contribution in [3.05, 3.63) is 64.2 Å². The summed E-state index contributed by atoms with van der Waals surface area (Å²) in [6.07, 6.45) is 2.33. The zero-order chi connectivity index (χ0) is 13.7. The first kappa shape index (κ1) is 13.4. The maximum absolute atomic E-state index is 12.7. The molecule has 0 saturated heterocycles. The monoisotopic (exact) mass is 276 g/mol. The largest absolute Gasteiger partial charge is 0.352 e. The van der Waals surface area contributed by atoms with Gasteiger partial charge in [0, 0.05) is 12.7 Å². The molecule has 3 nitrogen and oxygen atoms in total. The number of carbonyl (C=O) groups excluding carboxylic acids is 1. The van der Waals surface area contributed by atoms with Gasteiger partial charge in [0.1, 0.15) is 10.5 Å². The van der Waals surface area contributed by atoms with Crippen LogP contribution in [0.1, 0.15) is 15.9 Å². The number of nitrogens with one attached hydrogen (secondary N) is 2. The van der Waals surface area contributed by atoms with Crippen molar-refractivity contribution in [2.45, 2.75) is 6.42 Å². The number of carbonyl (C=O) groups is 1. The van der Waals surface area contributed by atoms with Crippen molar-refractivity contribution in [1.29, 1.82) is 0 Å². The average molecular weight is 276 g/mol. The third kappa shape index (κ3) is 3.72. The zero-order valence-electron chi connectivity index (χ0n) is 10.2. The van der Waals surface area contributed by atoms with E-state index in [1.54, 1.807) is 30.5 Å². The smallest absolute Gasteiger partial charge is 0.254 e. The summed E-state index contributed by atoms with van der Waals surface area (Å²) in [5.41, 5.74) is 1.43. The van der Waals surface area contributed by atoms with Crippen LogP contribution in [0, 0.1) is 10.5 Å². The fourth-order valence-corrected chi connectivity index (χ4v) is 1.90. The molecule has 0 aliphatic rings. The first-order valence-corrected chi connectivity index (χ1v) is 6.28. The van der Waals surface area contributed by atoms with E-state index in [0.717, 1.165) is 5.56 Å². The fraction of sp³-hybridized carbons (Fsp3) is 0.143. The van der Waals surface area contributed by atoms with Crippen LogP contribution < -0.4 is 5.32 Å². The number of aromatic amines is 1. The lowest BCUT2D eigenvalue weighted by molar-refractivity contribution is 0.0953. The summed E-state index contributed by atoms with van der Waals surface area (Å²) < 4.78 is 13.1. The molecule has 5 heteroatoms. The minimum atomic E-state index is -0.261. The average Bonchev–Trinajstić information content (AvgIpc) is 2.41. The molecule has 0 unspecified atom stereocenters. The number of hydrogen-bond donors (Lipinski definition) is 2. The van der Waals surface area contributed by atoms with E-state index in [9.17, 15) is 9.18 Å². The molecule has 0 bridgehead atoms. The molecule has 2 N–H and O–H groups in total. The van der Waals surface area contributed by atoms with Gasteiger partial charge in [0.2, 0.25) is 0 Å². The van der Waals surface area contributed by atoms with Crippen molar-refractivity contribution in [2.24, 2.45) is 0 Å². The number of benzene rings is 1. The van der Waals surface area contributed by atoms with Gasteiger partial charge in [-0.15, -0.1) is 0 Å². The van der Waals surface area contributed by atoms with Gasteiger partial charge in [0.25, 0.3) is 5.91 Å². The van der Waals surface area contributed by atoms with Gasteiger partial charge in [-0.3, -0.25) is 4.79 Å². The predicted molar refractivity (Wildman–Crippen MR) is 74.1 cm³/mol. The maximum atomic E-state index is 12.7. The van der Waals surface area contributed by atoms with Gasteiger partial charge in [0.15, 0.2) is 0 Å². The van der Waals surface area contributed by atoms with Crippen molar-refractivity contribution in [3.8, 4) is 0 Å². The number of amides is 1. The lowest BCUT2D eigenvalue weighted by atomic mass is 10.1. The summed E-state index contributed by atoms with van der Waals surface area (Å²) in [6.45, 7) is 0.480. The molecule has 2 rings (SSSR count). The highest BCUT2D eigenvalue weighted by Crippen LogP contribution is 2.03. The molecule has 0 fully saturated rings. The summed E-state index contributed by atoms with van der Waals surface area (Å²) in [5.74, 6) is -0.465. The summed E-state index contributed by atoms with van der Waals surface area (Å²) in [5, 5.41) is 2.78. The van der Waals surface area contributed by atoms with Crippen molar-refractivity contribution in [3.63, 3.8) is 0 Å². The molecule has 1 heterocycles. The Labute approximate surface area is 115 Å². The molecule has 98 valence electrons. The Morgan fingerprint density at radius 2 is 2.00 bits per heavy atom. The number of rotatable bonds is 4. The Morgan fingerprint density at radius 3 is 2.68 bits per heavy atom. The van der Waals surface area contributed by atoms with Crippen LogP contribution in [-0.2, 0) is 6.42 Å². The van der Waals surface area contributed by atoms with Gasteiger partial charge >= 0.3 is 0 Å². The second kappa shape index (κ2) is 6.24. The second-order valence-electron chi connectivity index (χ2n) is 4.05. The first-order chi connectivity index (χ1) is 9.16. The summed E-state index contributed by atoms with van der Waals surface area (Å²) in [6, 6.07) is 9.62. The molecule has 0 radical (unpaired) electrons. The van der Waals surface area contributed by atoms with E-state index in [4.69, 9.17) is 12.2 Å². The topological polar surface area (TPSA) is 44.9 Å². The standard InChI is InChI=1S/C14H13FN2OS/c15-11-5-3-10(4-6-11)7-9-16-13(18)12-2-1-8-17-14(12)19/h1-6,8H,7,9H2,(H,16,18)(H,17,19). The Hall–Kier alpha value is -2.01. The van der Waals surface area contributed by atoms with Crippen LogP contribution >= 0.6 is 12.2 Å². The number of aromatic nitrogens is 1. The molecule has 0 aliphatic heterocycles. The van der Waals surface area contributed by atoms with E-state index in [1.165, 1.54) is 12.1 Å². The Balaban J connectivity index is 1.89. The van der Waals surface area contributed by atoms with E-state index in [0.29, 0.717) is 23.2 Å². The Morgan fingerprint density at radius 1 is 1.26 bits per heavy atom. The number of H-pyrrole nitrogens is 1. The normalized spacial score (nSPS) is 10.2. The quantitative estimate of drug-likeness (QED) is 0.843. The number of hydrogen-bond acceptors (Lipinski definition) is 2. The lowest BCUT2D eigenvalue weighted by Gasteiger charge is -2.05. The molecule has 2 aromatic rings. The molecule has 0 aliphatic carbocycles. The van der Waals surface area contributed by atoms with Crippen molar-refractivity contribution < 1.29 is 9.18 Å². The second-order valence-corrected chi connectivity index (χ2v) is 4.45. The molecule has 1 amide bonds. The molecule has 0 saturated carbocycles. The van der Waals surface area contributed by atoms with E-state index >= 15 is 0 Å². The molecular weight excluding hydrogens is 263 g/mol. The van der Waals surface area contributed by atoms with Gasteiger partial charge < -0.3 is 10.3 Å². The van der Waals surface area contributed by atoms with E-state index in [-0.39, 0.29) is 11.7 Å².